The summed E-state index contributed by atoms with van der Waals surface area (Å²) in [6.45, 7) is 0.336. The SMILES string of the molecule is O=C(NCc1ccnc(OC2CCCC2)c1)c1ccc(=O)[nH]n1. The number of carbonyl (C=O) groups excluding carboxylic acids is 1. The summed E-state index contributed by atoms with van der Waals surface area (Å²) < 4.78 is 5.84. The van der Waals surface area contributed by atoms with Crippen LogP contribution in [0.3, 0.4) is 0 Å². The molecule has 3 rings (SSSR count). The smallest absolute Gasteiger partial charge is 0.271 e. The first kappa shape index (κ1) is 15.2. The average molecular weight is 314 g/mol. The largest absolute Gasteiger partial charge is 0.474 e. The number of nitrogens with one attached hydrogen (secondary N) is 2. The van der Waals surface area contributed by atoms with Crippen molar-refractivity contribution in [2.24, 2.45) is 0 Å². The number of aromatic amines is 1. The van der Waals surface area contributed by atoms with Gasteiger partial charge in [-0.05, 0) is 43.4 Å². The summed E-state index contributed by atoms with van der Waals surface area (Å²) in [5, 5.41) is 8.67. The van der Waals surface area contributed by atoms with E-state index in [1.165, 1.54) is 25.0 Å². The Bertz CT molecular complexity index is 718. The van der Waals surface area contributed by atoms with E-state index in [0.717, 1.165) is 18.4 Å². The molecule has 1 fully saturated rings. The Morgan fingerprint density at radius 3 is 2.87 bits per heavy atom. The van der Waals surface area contributed by atoms with Crippen LogP contribution in [0.1, 0.15) is 41.7 Å². The molecule has 0 aromatic carbocycles. The third-order valence-corrected chi connectivity index (χ3v) is 3.75. The molecule has 2 aromatic rings. The average Bonchev–Trinajstić information content (AvgIpc) is 3.07. The van der Waals surface area contributed by atoms with E-state index in [4.69, 9.17) is 4.74 Å². The van der Waals surface area contributed by atoms with Crippen molar-refractivity contribution in [1.82, 2.24) is 20.5 Å². The van der Waals surface area contributed by atoms with Gasteiger partial charge in [-0.3, -0.25) is 9.59 Å². The number of carbonyl (C=O) groups is 1. The first-order valence-corrected chi connectivity index (χ1v) is 7.66. The summed E-state index contributed by atoms with van der Waals surface area (Å²) >= 11 is 0. The lowest BCUT2D eigenvalue weighted by molar-refractivity contribution is 0.0944. The summed E-state index contributed by atoms with van der Waals surface area (Å²) in [7, 11) is 0. The van der Waals surface area contributed by atoms with E-state index < -0.39 is 0 Å². The summed E-state index contributed by atoms with van der Waals surface area (Å²) in [5.74, 6) is 0.238. The quantitative estimate of drug-likeness (QED) is 0.870. The Hall–Kier alpha value is -2.70. The molecule has 1 aliphatic rings. The first-order chi connectivity index (χ1) is 11.2. The zero-order valence-electron chi connectivity index (χ0n) is 12.6. The Morgan fingerprint density at radius 2 is 2.13 bits per heavy atom. The zero-order valence-corrected chi connectivity index (χ0v) is 12.6. The van der Waals surface area contributed by atoms with Crippen LogP contribution in [0.25, 0.3) is 0 Å². The van der Waals surface area contributed by atoms with Gasteiger partial charge < -0.3 is 10.1 Å². The van der Waals surface area contributed by atoms with Crippen molar-refractivity contribution in [3.8, 4) is 5.88 Å². The lowest BCUT2D eigenvalue weighted by Gasteiger charge is -2.12. The zero-order chi connectivity index (χ0) is 16.1. The van der Waals surface area contributed by atoms with Crippen LogP contribution in [0.5, 0.6) is 5.88 Å². The fraction of sp³-hybridized carbons (Fsp3) is 0.375. The van der Waals surface area contributed by atoms with Crippen molar-refractivity contribution < 1.29 is 9.53 Å². The Balaban J connectivity index is 1.58. The molecule has 0 unspecified atom stereocenters. The normalized spacial score (nSPS) is 14.6. The second kappa shape index (κ2) is 7.04. The van der Waals surface area contributed by atoms with Crippen LogP contribution in [0, 0.1) is 0 Å². The topological polar surface area (TPSA) is 97.0 Å². The van der Waals surface area contributed by atoms with Gasteiger partial charge in [0.25, 0.3) is 11.5 Å². The maximum absolute atomic E-state index is 12.0. The minimum atomic E-state index is -0.351. The highest BCUT2D eigenvalue weighted by Gasteiger charge is 2.17. The molecule has 2 aromatic heterocycles. The Kier molecular flexibility index (Phi) is 4.65. The molecule has 2 N–H and O–H groups in total. The van der Waals surface area contributed by atoms with Crippen molar-refractivity contribution in [3.63, 3.8) is 0 Å². The number of hydrogen-bond donors (Lipinski definition) is 2. The van der Waals surface area contributed by atoms with Crippen molar-refractivity contribution in [3.05, 3.63) is 52.1 Å². The van der Waals surface area contributed by atoms with Gasteiger partial charge in [-0.1, -0.05) is 0 Å². The molecule has 7 heteroatoms. The van der Waals surface area contributed by atoms with Gasteiger partial charge in [0, 0.05) is 24.9 Å². The van der Waals surface area contributed by atoms with Crippen LogP contribution >= 0.6 is 0 Å². The summed E-state index contributed by atoms with van der Waals surface area (Å²) in [6, 6.07) is 6.30. The van der Waals surface area contributed by atoms with Crippen LogP contribution in [-0.4, -0.2) is 27.2 Å². The van der Waals surface area contributed by atoms with Gasteiger partial charge in [0.05, 0.1) is 0 Å². The van der Waals surface area contributed by atoms with Crippen LogP contribution in [0.15, 0.2) is 35.3 Å². The molecule has 7 nitrogen and oxygen atoms in total. The molecular weight excluding hydrogens is 296 g/mol. The molecule has 0 bridgehead atoms. The van der Waals surface area contributed by atoms with Crippen LogP contribution in [-0.2, 0) is 6.54 Å². The Labute approximate surface area is 133 Å². The van der Waals surface area contributed by atoms with Gasteiger partial charge in [-0.25, -0.2) is 10.1 Å². The fourth-order valence-corrected chi connectivity index (χ4v) is 2.55. The van der Waals surface area contributed by atoms with E-state index in [-0.39, 0.29) is 23.3 Å². The summed E-state index contributed by atoms with van der Waals surface area (Å²) in [4.78, 5) is 27.1. The molecule has 2 heterocycles. The van der Waals surface area contributed by atoms with E-state index >= 15 is 0 Å². The number of aromatic nitrogens is 3. The molecule has 0 atom stereocenters. The van der Waals surface area contributed by atoms with Gasteiger partial charge in [0.15, 0.2) is 0 Å². The number of H-pyrrole nitrogens is 1. The Morgan fingerprint density at radius 1 is 1.30 bits per heavy atom. The maximum atomic E-state index is 12.0. The van der Waals surface area contributed by atoms with Crippen LogP contribution in [0.4, 0.5) is 0 Å². The van der Waals surface area contributed by atoms with Crippen molar-refractivity contribution >= 4 is 5.91 Å². The molecule has 1 amide bonds. The predicted molar refractivity (Wildman–Crippen MR) is 83.1 cm³/mol. The molecule has 0 radical (unpaired) electrons. The van der Waals surface area contributed by atoms with Crippen molar-refractivity contribution in [2.75, 3.05) is 0 Å². The van der Waals surface area contributed by atoms with E-state index in [0.29, 0.717) is 12.4 Å². The number of amides is 1. The number of pyridine rings is 1. The van der Waals surface area contributed by atoms with Crippen LogP contribution < -0.4 is 15.6 Å². The predicted octanol–water partition coefficient (Wildman–Crippen LogP) is 1.42. The number of hydrogen-bond acceptors (Lipinski definition) is 5. The number of rotatable bonds is 5. The molecule has 23 heavy (non-hydrogen) atoms. The lowest BCUT2D eigenvalue weighted by Crippen LogP contribution is -2.25. The molecule has 120 valence electrons. The minimum Gasteiger partial charge on any atom is -0.474 e. The van der Waals surface area contributed by atoms with Crippen LogP contribution in [0.2, 0.25) is 0 Å². The van der Waals surface area contributed by atoms with Crippen molar-refractivity contribution in [2.45, 2.75) is 38.3 Å². The lowest BCUT2D eigenvalue weighted by atomic mass is 10.2. The molecular formula is C16H18N4O3. The molecule has 0 spiro atoms. The highest BCUT2D eigenvalue weighted by Crippen LogP contribution is 2.23. The van der Waals surface area contributed by atoms with Crippen molar-refractivity contribution in [1.29, 1.82) is 0 Å². The van der Waals surface area contributed by atoms with Gasteiger partial charge in [-0.2, -0.15) is 5.10 Å². The molecule has 0 saturated heterocycles. The molecule has 1 saturated carbocycles. The standard InChI is InChI=1S/C16H18N4O3/c21-14-6-5-13(19-20-14)16(22)18-10-11-7-8-17-15(9-11)23-12-3-1-2-4-12/h5-9,12H,1-4,10H2,(H,18,22)(H,20,21). The summed E-state index contributed by atoms with van der Waals surface area (Å²) in [6.07, 6.45) is 6.46. The maximum Gasteiger partial charge on any atom is 0.271 e. The highest BCUT2D eigenvalue weighted by molar-refractivity contribution is 5.91. The van der Waals surface area contributed by atoms with Gasteiger partial charge >= 0.3 is 0 Å². The summed E-state index contributed by atoms with van der Waals surface area (Å²) in [5.41, 5.74) is 0.719. The monoisotopic (exact) mass is 314 g/mol. The second-order valence-electron chi connectivity index (χ2n) is 5.52. The van der Waals surface area contributed by atoms with Gasteiger partial charge in [-0.15, -0.1) is 0 Å². The van der Waals surface area contributed by atoms with E-state index in [1.54, 1.807) is 6.20 Å². The number of nitrogens with zero attached hydrogens (tertiary/aromatic N) is 2. The van der Waals surface area contributed by atoms with E-state index in [2.05, 4.69) is 20.5 Å². The van der Waals surface area contributed by atoms with Gasteiger partial charge in [0.2, 0.25) is 5.88 Å². The van der Waals surface area contributed by atoms with E-state index in [1.807, 2.05) is 12.1 Å². The van der Waals surface area contributed by atoms with E-state index in [9.17, 15) is 9.59 Å². The molecule has 1 aliphatic carbocycles. The second-order valence-corrected chi connectivity index (χ2v) is 5.52. The third kappa shape index (κ3) is 4.15. The number of ether oxygens (including phenoxy) is 1. The fourth-order valence-electron chi connectivity index (χ4n) is 2.55. The highest BCUT2D eigenvalue weighted by atomic mass is 16.5. The van der Waals surface area contributed by atoms with Gasteiger partial charge in [0.1, 0.15) is 11.8 Å². The molecule has 0 aliphatic heterocycles. The first-order valence-electron chi connectivity index (χ1n) is 7.66. The minimum absolute atomic E-state index is 0.168. The third-order valence-electron chi connectivity index (χ3n) is 3.75.